The number of H-pyrrole nitrogens is 1. The van der Waals surface area contributed by atoms with Crippen molar-refractivity contribution in [2.45, 2.75) is 32.8 Å². The van der Waals surface area contributed by atoms with Crippen molar-refractivity contribution < 1.29 is 28.2 Å². The molecule has 4 aromatic rings. The summed E-state index contributed by atoms with van der Waals surface area (Å²) in [7, 11) is 1.30. The lowest BCUT2D eigenvalue weighted by Gasteiger charge is -2.39. The highest BCUT2D eigenvalue weighted by Gasteiger charge is 2.29. The SMILES string of the molecule is COC(=O)c1ccc(N2CCN(CC3=C(c4ccc(Cl)cc4)CCN(C(=O)OC(C)(C)C)C3)CC2)cc1Oc1cc2cc[nH]c2cc1F. The fourth-order valence-electron chi connectivity index (χ4n) is 6.21. The maximum Gasteiger partial charge on any atom is 0.410 e. The molecule has 1 saturated heterocycles. The number of carbonyl (C=O) groups excluding carboxylic acids is 2. The zero-order valence-electron chi connectivity index (χ0n) is 27.6. The van der Waals surface area contributed by atoms with Crippen LogP contribution in [0, 0.1) is 5.82 Å². The Morgan fingerprint density at radius 3 is 2.40 bits per heavy atom. The zero-order chi connectivity index (χ0) is 34.0. The molecule has 2 aliphatic heterocycles. The Morgan fingerprint density at radius 2 is 1.69 bits per heavy atom. The summed E-state index contributed by atoms with van der Waals surface area (Å²) in [6, 6.07) is 18.0. The lowest BCUT2D eigenvalue weighted by molar-refractivity contribution is 0.0261. The van der Waals surface area contributed by atoms with E-state index in [0.717, 1.165) is 49.2 Å². The van der Waals surface area contributed by atoms with Crippen molar-refractivity contribution in [3.05, 3.63) is 94.4 Å². The minimum Gasteiger partial charge on any atom is -0.465 e. The second-order valence-electron chi connectivity index (χ2n) is 13.1. The zero-order valence-corrected chi connectivity index (χ0v) is 28.4. The van der Waals surface area contributed by atoms with E-state index in [0.29, 0.717) is 30.2 Å². The number of carbonyl (C=O) groups is 2. The van der Waals surface area contributed by atoms with Crippen LogP contribution in [0.3, 0.4) is 0 Å². The molecule has 1 N–H and O–H groups in total. The summed E-state index contributed by atoms with van der Waals surface area (Å²) in [6.45, 7) is 10.4. The second kappa shape index (κ2) is 13.9. The van der Waals surface area contributed by atoms with E-state index in [2.05, 4.69) is 14.8 Å². The van der Waals surface area contributed by atoms with Crippen molar-refractivity contribution in [3.63, 3.8) is 0 Å². The van der Waals surface area contributed by atoms with Gasteiger partial charge in [0, 0.05) is 85.8 Å². The van der Waals surface area contributed by atoms with Crippen molar-refractivity contribution in [1.29, 1.82) is 0 Å². The lowest BCUT2D eigenvalue weighted by Crippen LogP contribution is -2.48. The average molecular weight is 675 g/mol. The number of piperazine rings is 1. The number of esters is 1. The molecule has 11 heteroatoms. The van der Waals surface area contributed by atoms with Gasteiger partial charge in [-0.05, 0) is 80.3 Å². The molecule has 0 radical (unpaired) electrons. The number of fused-ring (bicyclic) bond motifs is 1. The van der Waals surface area contributed by atoms with E-state index in [4.69, 9.17) is 25.8 Å². The standard InChI is InChI=1S/C37H40ClFN4O5/c1-37(2,3)48-36(45)43-14-12-29(24-5-7-27(38)8-6-24)26(23-43)22-41-15-17-42(18-16-41)28-9-10-30(35(44)46-4)33(20-28)47-34-19-25-11-13-40-32(25)21-31(34)39/h5-11,13,19-21,40H,12,14-18,22-23H2,1-4H3. The molecule has 252 valence electrons. The largest absolute Gasteiger partial charge is 0.465 e. The van der Waals surface area contributed by atoms with Crippen LogP contribution >= 0.6 is 11.6 Å². The number of ether oxygens (including phenoxy) is 3. The first kappa shape index (κ1) is 33.4. The Hall–Kier alpha value is -4.54. The van der Waals surface area contributed by atoms with Crippen molar-refractivity contribution in [1.82, 2.24) is 14.8 Å². The summed E-state index contributed by atoms with van der Waals surface area (Å²) in [6.07, 6.45) is 2.15. The van der Waals surface area contributed by atoms with Gasteiger partial charge >= 0.3 is 12.1 Å². The summed E-state index contributed by atoms with van der Waals surface area (Å²) in [5.74, 6) is -0.869. The average Bonchev–Trinajstić information content (AvgIpc) is 3.51. The number of nitrogens with one attached hydrogen (secondary N) is 1. The van der Waals surface area contributed by atoms with Gasteiger partial charge in [-0.2, -0.15) is 0 Å². The number of hydrogen-bond donors (Lipinski definition) is 1. The molecule has 1 aromatic heterocycles. The first-order chi connectivity index (χ1) is 23.0. The maximum absolute atomic E-state index is 15.0. The molecule has 48 heavy (non-hydrogen) atoms. The highest BCUT2D eigenvalue weighted by Crippen LogP contribution is 2.35. The highest BCUT2D eigenvalue weighted by molar-refractivity contribution is 6.30. The monoisotopic (exact) mass is 674 g/mol. The molecule has 0 spiro atoms. The van der Waals surface area contributed by atoms with Crippen LogP contribution in [0.25, 0.3) is 16.5 Å². The summed E-state index contributed by atoms with van der Waals surface area (Å²) in [4.78, 5) is 35.0. The van der Waals surface area contributed by atoms with Gasteiger partial charge in [-0.1, -0.05) is 23.7 Å². The Morgan fingerprint density at radius 1 is 0.938 bits per heavy atom. The third-order valence-corrected chi connectivity index (χ3v) is 8.88. The lowest BCUT2D eigenvalue weighted by atomic mass is 9.93. The molecular formula is C37H40ClFN4O5. The van der Waals surface area contributed by atoms with Crippen LogP contribution < -0.4 is 9.64 Å². The molecule has 0 unspecified atom stereocenters. The minimum atomic E-state index is -0.572. The van der Waals surface area contributed by atoms with Gasteiger partial charge in [0.15, 0.2) is 11.6 Å². The molecule has 1 amide bonds. The molecule has 0 aliphatic carbocycles. The van der Waals surface area contributed by atoms with E-state index in [-0.39, 0.29) is 23.2 Å². The smallest absolute Gasteiger partial charge is 0.410 e. The number of aromatic nitrogens is 1. The fraction of sp³-hybridized carbons (Fsp3) is 0.351. The summed E-state index contributed by atoms with van der Waals surface area (Å²) in [5, 5.41) is 1.48. The summed E-state index contributed by atoms with van der Waals surface area (Å²) >= 11 is 6.19. The van der Waals surface area contributed by atoms with Gasteiger partial charge in [0.05, 0.1) is 7.11 Å². The van der Waals surface area contributed by atoms with Crippen LogP contribution in [0.5, 0.6) is 11.5 Å². The first-order valence-corrected chi connectivity index (χ1v) is 16.4. The van der Waals surface area contributed by atoms with E-state index < -0.39 is 17.4 Å². The van der Waals surface area contributed by atoms with Crippen molar-refractivity contribution in [2.75, 3.05) is 57.8 Å². The topological polar surface area (TPSA) is 87.3 Å². The Balaban J connectivity index is 1.19. The van der Waals surface area contributed by atoms with Gasteiger partial charge in [0.2, 0.25) is 0 Å². The van der Waals surface area contributed by atoms with Crippen LogP contribution in [0.4, 0.5) is 14.9 Å². The van der Waals surface area contributed by atoms with Crippen molar-refractivity contribution in [2.24, 2.45) is 0 Å². The molecule has 3 aromatic carbocycles. The summed E-state index contributed by atoms with van der Waals surface area (Å²) < 4.78 is 31.7. The number of halogens is 2. The van der Waals surface area contributed by atoms with Gasteiger partial charge in [-0.25, -0.2) is 14.0 Å². The third kappa shape index (κ3) is 7.61. The van der Waals surface area contributed by atoms with Crippen LogP contribution in [-0.4, -0.2) is 85.4 Å². The molecule has 6 rings (SSSR count). The van der Waals surface area contributed by atoms with E-state index in [1.165, 1.54) is 24.3 Å². The molecule has 1 fully saturated rings. The van der Waals surface area contributed by atoms with Gasteiger partial charge < -0.3 is 29.0 Å². The number of aromatic amines is 1. The predicted octanol–water partition coefficient (Wildman–Crippen LogP) is 7.76. The van der Waals surface area contributed by atoms with Crippen molar-refractivity contribution in [3.8, 4) is 11.5 Å². The second-order valence-corrected chi connectivity index (χ2v) is 13.6. The Bertz CT molecular complexity index is 1840. The molecular weight excluding hydrogens is 635 g/mol. The van der Waals surface area contributed by atoms with E-state index in [1.54, 1.807) is 29.3 Å². The van der Waals surface area contributed by atoms with Gasteiger partial charge in [-0.15, -0.1) is 0 Å². The summed E-state index contributed by atoms with van der Waals surface area (Å²) in [5.41, 5.74) is 4.68. The Kier molecular flexibility index (Phi) is 9.66. The van der Waals surface area contributed by atoms with E-state index in [9.17, 15) is 14.0 Å². The number of nitrogens with zero attached hydrogens (tertiary/aromatic N) is 3. The number of rotatable bonds is 7. The van der Waals surface area contributed by atoms with E-state index in [1.807, 2.05) is 57.2 Å². The number of methoxy groups -OCH3 is 1. The fourth-order valence-corrected chi connectivity index (χ4v) is 6.34. The maximum atomic E-state index is 15.0. The van der Waals surface area contributed by atoms with Crippen LogP contribution in [0.15, 0.2) is 72.4 Å². The van der Waals surface area contributed by atoms with Crippen molar-refractivity contribution >= 4 is 45.8 Å². The van der Waals surface area contributed by atoms with Crippen LogP contribution in [-0.2, 0) is 9.47 Å². The molecule has 0 bridgehead atoms. The van der Waals surface area contributed by atoms with E-state index >= 15 is 0 Å². The van der Waals surface area contributed by atoms with Gasteiger partial charge in [0.1, 0.15) is 16.9 Å². The van der Waals surface area contributed by atoms with Gasteiger partial charge in [0.25, 0.3) is 0 Å². The number of amides is 1. The third-order valence-electron chi connectivity index (χ3n) is 8.63. The van der Waals surface area contributed by atoms with Gasteiger partial charge in [-0.3, -0.25) is 4.90 Å². The quantitative estimate of drug-likeness (QED) is 0.201. The number of hydrogen-bond acceptors (Lipinski definition) is 7. The Labute approximate surface area is 284 Å². The van der Waals surface area contributed by atoms with Crippen LogP contribution in [0.2, 0.25) is 5.02 Å². The first-order valence-electron chi connectivity index (χ1n) is 16.1. The molecule has 9 nitrogen and oxygen atoms in total. The molecule has 3 heterocycles. The molecule has 0 saturated carbocycles. The minimum absolute atomic E-state index is 0.0203. The molecule has 2 aliphatic rings. The normalized spacial score (nSPS) is 16.0. The number of benzene rings is 3. The predicted molar refractivity (Wildman–Crippen MR) is 186 cm³/mol. The van der Waals surface area contributed by atoms with Crippen LogP contribution in [0.1, 0.15) is 43.1 Å². The molecule has 0 atom stereocenters. The highest BCUT2D eigenvalue weighted by atomic mass is 35.5. The number of anilines is 1.